The van der Waals surface area contributed by atoms with Gasteiger partial charge in [-0.1, -0.05) is 24.3 Å². The highest BCUT2D eigenvalue weighted by atomic mass is 16.3. The van der Waals surface area contributed by atoms with Gasteiger partial charge >= 0.3 is 0 Å². The minimum absolute atomic E-state index is 0.709. The average Bonchev–Trinajstić information content (AvgIpc) is 3.38. The van der Waals surface area contributed by atoms with Crippen molar-refractivity contribution in [3.05, 3.63) is 60.5 Å². The van der Waals surface area contributed by atoms with Gasteiger partial charge in [-0.05, 0) is 61.7 Å². The van der Waals surface area contributed by atoms with Crippen molar-refractivity contribution in [1.82, 2.24) is 9.88 Å². The van der Waals surface area contributed by atoms with Gasteiger partial charge in [-0.2, -0.15) is 0 Å². The zero-order valence-electron chi connectivity index (χ0n) is 15.2. The van der Waals surface area contributed by atoms with Gasteiger partial charge in [0.05, 0.1) is 0 Å². The standard InChI is InChI=1S/C23H24N2O/c1-16-5-4-13-25(16)14-11-17-15-21-19(7-3-9-23(21)26-17)18-6-2-8-22-20(18)10-12-24-22/h2-3,6-10,12,15-16,24H,4-5,11,13-14H2,1H3/t16-/m1/s1. The number of aromatic nitrogens is 1. The monoisotopic (exact) mass is 344 g/mol. The minimum Gasteiger partial charge on any atom is -0.461 e. The van der Waals surface area contributed by atoms with E-state index in [1.165, 1.54) is 46.8 Å². The predicted molar refractivity (Wildman–Crippen MR) is 107 cm³/mol. The molecule has 1 N–H and O–H groups in total. The van der Waals surface area contributed by atoms with Crippen LogP contribution in [0.4, 0.5) is 0 Å². The fourth-order valence-corrected chi connectivity index (χ4v) is 4.37. The Hall–Kier alpha value is -2.52. The molecule has 1 aliphatic rings. The summed E-state index contributed by atoms with van der Waals surface area (Å²) in [7, 11) is 0. The molecule has 26 heavy (non-hydrogen) atoms. The number of rotatable bonds is 4. The number of benzene rings is 2. The molecule has 132 valence electrons. The average molecular weight is 344 g/mol. The molecule has 0 amide bonds. The van der Waals surface area contributed by atoms with Gasteiger partial charge in [0, 0.05) is 41.5 Å². The molecular formula is C23H24N2O. The van der Waals surface area contributed by atoms with Gasteiger partial charge in [0.2, 0.25) is 0 Å². The van der Waals surface area contributed by atoms with Crippen molar-refractivity contribution < 1.29 is 4.42 Å². The van der Waals surface area contributed by atoms with Gasteiger partial charge in [0.1, 0.15) is 11.3 Å². The Labute approximate surface area is 153 Å². The number of H-pyrrole nitrogens is 1. The van der Waals surface area contributed by atoms with Crippen LogP contribution in [-0.4, -0.2) is 29.0 Å². The topological polar surface area (TPSA) is 32.2 Å². The third kappa shape index (κ3) is 2.63. The molecule has 2 aromatic carbocycles. The molecule has 0 unspecified atom stereocenters. The van der Waals surface area contributed by atoms with E-state index < -0.39 is 0 Å². The van der Waals surface area contributed by atoms with Crippen LogP contribution in [0.3, 0.4) is 0 Å². The van der Waals surface area contributed by atoms with E-state index in [-0.39, 0.29) is 0 Å². The lowest BCUT2D eigenvalue weighted by Gasteiger charge is -2.19. The van der Waals surface area contributed by atoms with Crippen molar-refractivity contribution in [3.63, 3.8) is 0 Å². The normalized spacial score (nSPS) is 18.3. The Kier molecular flexibility index (Phi) is 3.83. The largest absolute Gasteiger partial charge is 0.461 e. The highest BCUT2D eigenvalue weighted by molar-refractivity contribution is 6.03. The molecule has 2 aromatic heterocycles. The minimum atomic E-state index is 0.709. The second-order valence-electron chi connectivity index (χ2n) is 7.45. The zero-order chi connectivity index (χ0) is 17.5. The van der Waals surface area contributed by atoms with Crippen LogP contribution in [0.15, 0.2) is 59.1 Å². The SMILES string of the molecule is C[C@@H]1CCCN1CCc1cc2c(-c3cccc4[nH]ccc34)cccc2o1. The molecule has 3 heteroatoms. The first kappa shape index (κ1) is 15.7. The summed E-state index contributed by atoms with van der Waals surface area (Å²) in [6.07, 6.45) is 5.64. The Balaban J connectivity index is 1.51. The van der Waals surface area contributed by atoms with Gasteiger partial charge in [-0.3, -0.25) is 0 Å². The van der Waals surface area contributed by atoms with E-state index in [0.717, 1.165) is 24.3 Å². The summed E-state index contributed by atoms with van der Waals surface area (Å²) in [5.74, 6) is 1.09. The number of furan rings is 1. The van der Waals surface area contributed by atoms with Gasteiger partial charge in [-0.25, -0.2) is 0 Å². The van der Waals surface area contributed by atoms with E-state index in [1.54, 1.807) is 0 Å². The van der Waals surface area contributed by atoms with Crippen LogP contribution >= 0.6 is 0 Å². The van der Waals surface area contributed by atoms with Crippen LogP contribution in [0.1, 0.15) is 25.5 Å². The van der Waals surface area contributed by atoms with E-state index in [4.69, 9.17) is 4.42 Å². The lowest BCUT2D eigenvalue weighted by Crippen LogP contribution is -2.28. The molecule has 1 aliphatic heterocycles. The van der Waals surface area contributed by atoms with Crippen molar-refractivity contribution in [1.29, 1.82) is 0 Å². The van der Waals surface area contributed by atoms with Crippen molar-refractivity contribution in [3.8, 4) is 11.1 Å². The number of nitrogens with one attached hydrogen (secondary N) is 1. The van der Waals surface area contributed by atoms with Gasteiger partial charge in [-0.15, -0.1) is 0 Å². The summed E-state index contributed by atoms with van der Waals surface area (Å²) in [5.41, 5.74) is 4.66. The molecule has 0 bridgehead atoms. The van der Waals surface area contributed by atoms with E-state index in [1.807, 2.05) is 6.20 Å². The van der Waals surface area contributed by atoms with Gasteiger partial charge in [0.15, 0.2) is 0 Å². The molecule has 0 spiro atoms. The molecule has 4 aromatic rings. The van der Waals surface area contributed by atoms with Crippen molar-refractivity contribution in [2.24, 2.45) is 0 Å². The lowest BCUT2D eigenvalue weighted by atomic mass is 9.98. The molecule has 0 aliphatic carbocycles. The second-order valence-corrected chi connectivity index (χ2v) is 7.45. The number of hydrogen-bond donors (Lipinski definition) is 1. The van der Waals surface area contributed by atoms with Crippen LogP contribution in [0.5, 0.6) is 0 Å². The summed E-state index contributed by atoms with van der Waals surface area (Å²) in [5, 5.41) is 2.47. The highest BCUT2D eigenvalue weighted by Crippen LogP contribution is 2.35. The number of fused-ring (bicyclic) bond motifs is 2. The quantitative estimate of drug-likeness (QED) is 0.522. The maximum Gasteiger partial charge on any atom is 0.134 e. The Bertz CT molecular complexity index is 1060. The molecular weight excluding hydrogens is 320 g/mol. The third-order valence-electron chi connectivity index (χ3n) is 5.83. The summed E-state index contributed by atoms with van der Waals surface area (Å²) < 4.78 is 6.18. The van der Waals surface area contributed by atoms with E-state index in [9.17, 15) is 0 Å². The molecule has 3 nitrogen and oxygen atoms in total. The van der Waals surface area contributed by atoms with Crippen molar-refractivity contribution >= 4 is 21.9 Å². The van der Waals surface area contributed by atoms with Crippen LogP contribution in [0.2, 0.25) is 0 Å². The van der Waals surface area contributed by atoms with Gasteiger partial charge < -0.3 is 14.3 Å². The van der Waals surface area contributed by atoms with Crippen LogP contribution in [0, 0.1) is 0 Å². The number of nitrogens with zero attached hydrogens (tertiary/aromatic N) is 1. The molecule has 0 saturated carbocycles. The maximum absolute atomic E-state index is 6.18. The molecule has 1 fully saturated rings. The van der Waals surface area contributed by atoms with Gasteiger partial charge in [0.25, 0.3) is 0 Å². The molecule has 1 atom stereocenters. The first-order valence-electron chi connectivity index (χ1n) is 9.61. The van der Waals surface area contributed by atoms with Crippen LogP contribution in [0.25, 0.3) is 33.0 Å². The summed E-state index contributed by atoms with van der Waals surface area (Å²) in [4.78, 5) is 5.89. The maximum atomic E-state index is 6.18. The Morgan fingerprint density at radius 3 is 2.77 bits per heavy atom. The van der Waals surface area contributed by atoms with E-state index in [0.29, 0.717) is 6.04 Å². The lowest BCUT2D eigenvalue weighted by molar-refractivity contribution is 0.266. The van der Waals surface area contributed by atoms with Crippen LogP contribution in [-0.2, 0) is 6.42 Å². The van der Waals surface area contributed by atoms with Crippen LogP contribution < -0.4 is 0 Å². The van der Waals surface area contributed by atoms with E-state index >= 15 is 0 Å². The highest BCUT2D eigenvalue weighted by Gasteiger charge is 2.20. The smallest absolute Gasteiger partial charge is 0.134 e. The summed E-state index contributed by atoms with van der Waals surface area (Å²) in [6.45, 7) is 4.65. The first-order valence-corrected chi connectivity index (χ1v) is 9.61. The number of likely N-dealkylation sites (tertiary alicyclic amines) is 1. The third-order valence-corrected chi connectivity index (χ3v) is 5.83. The van der Waals surface area contributed by atoms with Crippen molar-refractivity contribution in [2.45, 2.75) is 32.2 Å². The Morgan fingerprint density at radius 1 is 1.08 bits per heavy atom. The van der Waals surface area contributed by atoms with E-state index in [2.05, 4.69) is 65.3 Å². The zero-order valence-corrected chi connectivity index (χ0v) is 15.2. The molecule has 1 saturated heterocycles. The molecule has 3 heterocycles. The fraction of sp³-hybridized carbons (Fsp3) is 0.304. The summed E-state index contributed by atoms with van der Waals surface area (Å²) >= 11 is 0. The Morgan fingerprint density at radius 2 is 1.92 bits per heavy atom. The number of aromatic amines is 1. The summed E-state index contributed by atoms with van der Waals surface area (Å²) in [6, 6.07) is 17.9. The van der Waals surface area contributed by atoms with Crippen molar-refractivity contribution in [2.75, 3.05) is 13.1 Å². The molecule has 5 rings (SSSR count). The number of hydrogen-bond acceptors (Lipinski definition) is 2. The second kappa shape index (κ2) is 6.33. The fourth-order valence-electron chi connectivity index (χ4n) is 4.37. The molecule has 0 radical (unpaired) electrons. The first-order chi connectivity index (χ1) is 12.8. The predicted octanol–water partition coefficient (Wildman–Crippen LogP) is 5.61.